The first-order valence-electron chi connectivity index (χ1n) is 11.5. The molecule has 0 aromatic heterocycles. The van der Waals surface area contributed by atoms with Gasteiger partial charge in [0.15, 0.2) is 0 Å². The molecule has 0 heterocycles. The third kappa shape index (κ3) is 7.68. The molecule has 0 saturated heterocycles. The number of hydrogen-bond donors (Lipinski definition) is 3. The third-order valence-corrected chi connectivity index (χ3v) is 5.49. The van der Waals surface area contributed by atoms with E-state index in [0.717, 1.165) is 0 Å². The number of alkyl carbamates (subject to hydrolysis) is 1. The number of thiol groups is 1. The first kappa shape index (κ1) is 28.6. The number of amides is 3. The van der Waals surface area contributed by atoms with Crippen molar-refractivity contribution in [3.63, 3.8) is 0 Å². The van der Waals surface area contributed by atoms with E-state index >= 15 is 0 Å². The molecule has 8 nitrogen and oxygen atoms in total. The van der Waals surface area contributed by atoms with Crippen LogP contribution in [0.2, 0.25) is 0 Å². The summed E-state index contributed by atoms with van der Waals surface area (Å²) in [7, 11) is 1.55. The molecule has 2 unspecified atom stereocenters. The average molecular weight is 512 g/mol. The highest BCUT2D eigenvalue weighted by molar-refractivity contribution is 7.80. The lowest BCUT2D eigenvalue weighted by atomic mass is 9.97. The van der Waals surface area contributed by atoms with Gasteiger partial charge in [-0.3, -0.25) is 9.59 Å². The maximum Gasteiger partial charge on any atom is 0.408 e. The van der Waals surface area contributed by atoms with Gasteiger partial charge in [0.1, 0.15) is 23.4 Å². The standard InChI is InChI=1S/C27H33N3O5S/c1-7-18-11-9-10-12-21(18)23(24(31)28-19-13-15-20(34-6)16-14-19)30(8-2)25(32)22(17-36)29-26(33)35-27(3,4)5/h1,9-16,22-23,36H,8,17H2,2-6H3,(H,28,31)(H,29,33). The van der Waals surface area contributed by atoms with E-state index in [0.29, 0.717) is 22.6 Å². The molecule has 9 heteroatoms. The summed E-state index contributed by atoms with van der Waals surface area (Å²) >= 11 is 4.26. The Kier molecular flexibility index (Phi) is 10.2. The van der Waals surface area contributed by atoms with Crippen molar-refractivity contribution in [2.24, 2.45) is 0 Å². The van der Waals surface area contributed by atoms with Gasteiger partial charge in [0, 0.05) is 23.5 Å². The predicted molar refractivity (Wildman–Crippen MR) is 143 cm³/mol. The monoisotopic (exact) mass is 511 g/mol. The number of likely N-dealkylation sites (N-methyl/N-ethyl adjacent to an activating group) is 1. The minimum Gasteiger partial charge on any atom is -0.497 e. The maximum atomic E-state index is 13.6. The van der Waals surface area contributed by atoms with Crippen LogP contribution in [0.25, 0.3) is 0 Å². The molecule has 2 N–H and O–H groups in total. The van der Waals surface area contributed by atoms with Crippen molar-refractivity contribution in [2.75, 3.05) is 24.7 Å². The molecule has 2 rings (SSSR count). The molecule has 0 fully saturated rings. The molecule has 0 aliphatic rings. The van der Waals surface area contributed by atoms with Crippen LogP contribution in [0.4, 0.5) is 10.5 Å². The van der Waals surface area contributed by atoms with Crippen molar-refractivity contribution < 1.29 is 23.9 Å². The van der Waals surface area contributed by atoms with Crippen molar-refractivity contribution in [3.05, 3.63) is 59.7 Å². The Morgan fingerprint density at radius 2 is 1.75 bits per heavy atom. The summed E-state index contributed by atoms with van der Waals surface area (Å²) in [6.45, 7) is 7.07. The second-order valence-electron chi connectivity index (χ2n) is 8.86. The molecular weight excluding hydrogens is 478 g/mol. The van der Waals surface area contributed by atoms with Gasteiger partial charge in [-0.1, -0.05) is 24.1 Å². The second-order valence-corrected chi connectivity index (χ2v) is 9.22. The van der Waals surface area contributed by atoms with Crippen LogP contribution in [0, 0.1) is 12.3 Å². The Morgan fingerprint density at radius 3 is 2.28 bits per heavy atom. The number of anilines is 1. The molecule has 0 aliphatic heterocycles. The van der Waals surface area contributed by atoms with E-state index < -0.39 is 35.6 Å². The smallest absolute Gasteiger partial charge is 0.408 e. The molecule has 192 valence electrons. The van der Waals surface area contributed by atoms with Crippen molar-refractivity contribution in [2.45, 2.75) is 45.4 Å². The third-order valence-electron chi connectivity index (χ3n) is 5.12. The molecule has 0 spiro atoms. The fourth-order valence-corrected chi connectivity index (χ4v) is 3.75. The van der Waals surface area contributed by atoms with E-state index in [9.17, 15) is 14.4 Å². The summed E-state index contributed by atoms with van der Waals surface area (Å²) < 4.78 is 10.5. The first-order valence-corrected chi connectivity index (χ1v) is 12.1. The molecular formula is C27H33N3O5S. The molecule has 0 radical (unpaired) electrons. The summed E-state index contributed by atoms with van der Waals surface area (Å²) in [5.41, 5.74) is 0.730. The average Bonchev–Trinajstić information content (AvgIpc) is 2.84. The highest BCUT2D eigenvalue weighted by Crippen LogP contribution is 2.27. The molecule has 2 aromatic carbocycles. The fourth-order valence-electron chi connectivity index (χ4n) is 3.50. The number of nitrogens with zero attached hydrogens (tertiary/aromatic N) is 1. The van der Waals surface area contributed by atoms with Gasteiger partial charge in [0.05, 0.1) is 7.11 Å². The predicted octanol–water partition coefficient (Wildman–Crippen LogP) is 4.03. The van der Waals surface area contributed by atoms with Gasteiger partial charge >= 0.3 is 6.09 Å². The Morgan fingerprint density at radius 1 is 1.11 bits per heavy atom. The highest BCUT2D eigenvalue weighted by Gasteiger charge is 2.36. The second kappa shape index (κ2) is 12.9. The van der Waals surface area contributed by atoms with Crippen LogP contribution in [-0.2, 0) is 14.3 Å². The molecule has 3 amide bonds. The Bertz CT molecular complexity index is 1110. The van der Waals surface area contributed by atoms with Crippen LogP contribution in [-0.4, -0.2) is 53.9 Å². The number of methoxy groups -OCH3 is 1. The number of carbonyl (C=O) groups excluding carboxylic acids is 3. The topological polar surface area (TPSA) is 97.0 Å². The highest BCUT2D eigenvalue weighted by atomic mass is 32.1. The summed E-state index contributed by atoms with van der Waals surface area (Å²) in [5.74, 6) is 2.26. The Labute approximate surface area is 218 Å². The molecule has 0 saturated carbocycles. The zero-order chi connectivity index (χ0) is 26.9. The molecule has 36 heavy (non-hydrogen) atoms. The normalized spacial score (nSPS) is 12.5. The van der Waals surface area contributed by atoms with Crippen LogP contribution < -0.4 is 15.4 Å². The number of terminal acetylenes is 1. The first-order chi connectivity index (χ1) is 17.0. The van der Waals surface area contributed by atoms with E-state index in [1.807, 2.05) is 0 Å². The lowest BCUT2D eigenvalue weighted by Gasteiger charge is -2.33. The van der Waals surface area contributed by atoms with Crippen molar-refractivity contribution in [1.82, 2.24) is 10.2 Å². The summed E-state index contributed by atoms with van der Waals surface area (Å²) in [4.78, 5) is 41.0. The Hall–Kier alpha value is -3.64. The number of ether oxygens (including phenoxy) is 2. The minimum absolute atomic E-state index is 0.00180. The van der Waals surface area contributed by atoms with Crippen molar-refractivity contribution >= 4 is 36.2 Å². The zero-order valence-corrected chi connectivity index (χ0v) is 22.1. The van der Waals surface area contributed by atoms with Crippen molar-refractivity contribution in [3.8, 4) is 18.1 Å². The molecule has 2 atom stereocenters. The summed E-state index contributed by atoms with van der Waals surface area (Å²) in [5, 5.41) is 5.41. The maximum absolute atomic E-state index is 13.6. The van der Waals surface area contributed by atoms with Crippen LogP contribution in [0.1, 0.15) is 44.9 Å². The van der Waals surface area contributed by atoms with Gasteiger partial charge < -0.3 is 25.0 Å². The largest absolute Gasteiger partial charge is 0.497 e. The van der Waals surface area contributed by atoms with Gasteiger partial charge in [0.25, 0.3) is 5.91 Å². The van der Waals surface area contributed by atoms with Gasteiger partial charge in [-0.05, 0) is 63.6 Å². The number of carbonyl (C=O) groups is 3. The van der Waals surface area contributed by atoms with Crippen LogP contribution in [0.3, 0.4) is 0 Å². The summed E-state index contributed by atoms with van der Waals surface area (Å²) in [6, 6.07) is 11.6. The van der Waals surface area contributed by atoms with Gasteiger partial charge in [0.2, 0.25) is 5.91 Å². The van der Waals surface area contributed by atoms with Crippen LogP contribution in [0.15, 0.2) is 48.5 Å². The van der Waals surface area contributed by atoms with E-state index in [-0.39, 0.29) is 12.3 Å². The summed E-state index contributed by atoms with van der Waals surface area (Å²) in [6.07, 6.45) is 4.96. The van der Waals surface area contributed by atoms with E-state index in [1.54, 1.807) is 83.3 Å². The number of nitrogens with one attached hydrogen (secondary N) is 2. The zero-order valence-electron chi connectivity index (χ0n) is 21.2. The van der Waals surface area contributed by atoms with E-state index in [4.69, 9.17) is 15.9 Å². The van der Waals surface area contributed by atoms with E-state index in [1.165, 1.54) is 4.90 Å². The van der Waals surface area contributed by atoms with Crippen LogP contribution in [0.5, 0.6) is 5.75 Å². The number of benzene rings is 2. The fraction of sp³-hybridized carbons (Fsp3) is 0.370. The SMILES string of the molecule is C#Cc1ccccc1C(C(=O)Nc1ccc(OC)cc1)N(CC)C(=O)C(CS)NC(=O)OC(C)(C)C. The lowest BCUT2D eigenvalue weighted by Crippen LogP contribution is -2.53. The quantitative estimate of drug-likeness (QED) is 0.349. The minimum atomic E-state index is -1.07. The molecule has 2 aromatic rings. The van der Waals surface area contributed by atoms with Gasteiger partial charge in [-0.25, -0.2) is 4.79 Å². The van der Waals surface area contributed by atoms with E-state index in [2.05, 4.69) is 29.2 Å². The number of rotatable bonds is 9. The van der Waals surface area contributed by atoms with Gasteiger partial charge in [-0.15, -0.1) is 6.42 Å². The molecule has 0 bridgehead atoms. The van der Waals surface area contributed by atoms with Gasteiger partial charge in [-0.2, -0.15) is 12.6 Å². The Balaban J connectivity index is 2.44. The van der Waals surface area contributed by atoms with Crippen LogP contribution >= 0.6 is 12.6 Å². The lowest BCUT2D eigenvalue weighted by molar-refractivity contribution is -0.140. The van der Waals surface area contributed by atoms with Crippen molar-refractivity contribution in [1.29, 1.82) is 0 Å². The molecule has 0 aliphatic carbocycles. The number of hydrogen-bond acceptors (Lipinski definition) is 6.